The van der Waals surface area contributed by atoms with Crippen LogP contribution in [-0.2, 0) is 4.79 Å². The Kier molecular flexibility index (Phi) is 3.69. The van der Waals surface area contributed by atoms with Gasteiger partial charge in [0.05, 0.1) is 11.6 Å². The summed E-state index contributed by atoms with van der Waals surface area (Å²) in [5.74, 6) is 0.0449. The first-order valence-electron chi connectivity index (χ1n) is 3.65. The van der Waals surface area contributed by atoms with Crippen molar-refractivity contribution in [1.29, 1.82) is 0 Å². The number of carbonyl (C=O) groups excluding carboxylic acids is 1. The number of hydrogen-bond donors (Lipinski definition) is 0. The summed E-state index contributed by atoms with van der Waals surface area (Å²) in [6, 6.07) is 1.92. The highest BCUT2D eigenvalue weighted by atomic mass is 79.9. The second kappa shape index (κ2) is 4.58. The first-order valence-corrected chi connectivity index (χ1v) is 5.26. The molecule has 1 heterocycles. The van der Waals surface area contributed by atoms with Crippen molar-refractivity contribution in [2.24, 2.45) is 0 Å². The third kappa shape index (κ3) is 2.97. The van der Waals surface area contributed by atoms with E-state index in [0.717, 1.165) is 14.4 Å². The minimum atomic E-state index is 0.0449. The SMILES string of the molecule is COc1sc(/C=C/C(C)=O)cc1Br. The lowest BCUT2D eigenvalue weighted by Crippen LogP contribution is -1.77. The summed E-state index contributed by atoms with van der Waals surface area (Å²) in [6.45, 7) is 1.52. The molecule has 0 aliphatic carbocycles. The van der Waals surface area contributed by atoms with Crippen LogP contribution in [0.25, 0.3) is 6.08 Å². The third-order valence-electron chi connectivity index (χ3n) is 1.34. The average molecular weight is 261 g/mol. The van der Waals surface area contributed by atoms with E-state index >= 15 is 0 Å². The number of halogens is 1. The predicted octanol–water partition coefficient (Wildman–Crippen LogP) is 3.12. The monoisotopic (exact) mass is 260 g/mol. The van der Waals surface area contributed by atoms with Crippen LogP contribution >= 0.6 is 27.3 Å². The molecule has 0 radical (unpaired) electrons. The minimum Gasteiger partial charge on any atom is -0.486 e. The van der Waals surface area contributed by atoms with Crippen molar-refractivity contribution in [2.45, 2.75) is 6.92 Å². The fraction of sp³-hybridized carbons (Fsp3) is 0.222. The van der Waals surface area contributed by atoms with Gasteiger partial charge in [0, 0.05) is 4.88 Å². The number of carbonyl (C=O) groups is 1. The molecule has 0 fully saturated rings. The van der Waals surface area contributed by atoms with Gasteiger partial charge in [0.2, 0.25) is 0 Å². The van der Waals surface area contributed by atoms with Crippen LogP contribution in [0.3, 0.4) is 0 Å². The van der Waals surface area contributed by atoms with E-state index in [2.05, 4.69) is 15.9 Å². The number of ether oxygens (including phenoxy) is 1. The van der Waals surface area contributed by atoms with Crippen molar-refractivity contribution in [3.63, 3.8) is 0 Å². The Morgan fingerprint density at radius 2 is 2.38 bits per heavy atom. The van der Waals surface area contributed by atoms with Crippen molar-refractivity contribution >= 4 is 39.1 Å². The van der Waals surface area contributed by atoms with E-state index < -0.39 is 0 Å². The molecular weight excluding hydrogens is 252 g/mol. The molecular formula is C9H9BrO2S. The summed E-state index contributed by atoms with van der Waals surface area (Å²) in [5, 5.41) is 0.822. The number of rotatable bonds is 3. The maximum absolute atomic E-state index is 10.7. The maximum atomic E-state index is 10.7. The molecule has 0 aromatic carbocycles. The fourth-order valence-electron chi connectivity index (χ4n) is 0.790. The Balaban J connectivity index is 2.85. The Bertz CT molecular complexity index is 341. The first-order chi connectivity index (χ1) is 6.13. The highest BCUT2D eigenvalue weighted by Crippen LogP contribution is 2.35. The quantitative estimate of drug-likeness (QED) is 0.781. The highest BCUT2D eigenvalue weighted by Gasteiger charge is 2.03. The van der Waals surface area contributed by atoms with Crippen molar-refractivity contribution < 1.29 is 9.53 Å². The van der Waals surface area contributed by atoms with Crippen LogP contribution in [0.1, 0.15) is 11.8 Å². The molecule has 0 amide bonds. The molecule has 70 valence electrons. The van der Waals surface area contributed by atoms with E-state index in [9.17, 15) is 4.79 Å². The first kappa shape index (κ1) is 10.5. The summed E-state index contributed by atoms with van der Waals surface area (Å²) >= 11 is 4.84. The van der Waals surface area contributed by atoms with Gasteiger partial charge in [-0.2, -0.15) is 0 Å². The molecule has 0 atom stereocenters. The Morgan fingerprint density at radius 3 is 2.85 bits per heavy atom. The van der Waals surface area contributed by atoms with Gasteiger partial charge in [0.1, 0.15) is 0 Å². The molecule has 0 aliphatic rings. The Hall–Kier alpha value is -0.610. The molecule has 0 unspecified atom stereocenters. The summed E-state index contributed by atoms with van der Waals surface area (Å²) in [6.07, 6.45) is 3.32. The van der Waals surface area contributed by atoms with E-state index in [1.165, 1.54) is 24.3 Å². The summed E-state index contributed by atoms with van der Waals surface area (Å²) < 4.78 is 6.00. The number of methoxy groups -OCH3 is 1. The molecule has 2 nitrogen and oxygen atoms in total. The van der Waals surface area contributed by atoms with Crippen molar-refractivity contribution in [2.75, 3.05) is 7.11 Å². The smallest absolute Gasteiger partial charge is 0.188 e. The molecule has 1 rings (SSSR count). The van der Waals surface area contributed by atoms with Gasteiger partial charge < -0.3 is 4.74 Å². The van der Waals surface area contributed by atoms with Gasteiger partial charge in [-0.05, 0) is 41.1 Å². The summed E-state index contributed by atoms with van der Waals surface area (Å²) in [7, 11) is 1.62. The molecule has 1 aromatic rings. The van der Waals surface area contributed by atoms with Gasteiger partial charge in [0.15, 0.2) is 10.8 Å². The van der Waals surface area contributed by atoms with Gasteiger partial charge in [-0.25, -0.2) is 0 Å². The lowest BCUT2D eigenvalue weighted by atomic mass is 10.3. The topological polar surface area (TPSA) is 26.3 Å². The van der Waals surface area contributed by atoms with Crippen molar-refractivity contribution in [3.8, 4) is 5.06 Å². The van der Waals surface area contributed by atoms with Crippen LogP contribution < -0.4 is 4.74 Å². The third-order valence-corrected chi connectivity index (χ3v) is 3.26. The fourth-order valence-corrected chi connectivity index (χ4v) is 2.36. The average Bonchev–Trinajstić information content (AvgIpc) is 2.43. The zero-order valence-electron chi connectivity index (χ0n) is 7.33. The number of ketones is 1. The van der Waals surface area contributed by atoms with Crippen LogP contribution in [0.5, 0.6) is 5.06 Å². The molecule has 13 heavy (non-hydrogen) atoms. The molecule has 0 N–H and O–H groups in total. The van der Waals surface area contributed by atoms with E-state index in [1.807, 2.05) is 6.07 Å². The largest absolute Gasteiger partial charge is 0.486 e. The van der Waals surface area contributed by atoms with Crippen molar-refractivity contribution in [3.05, 3.63) is 21.5 Å². The van der Waals surface area contributed by atoms with Gasteiger partial charge in [0.25, 0.3) is 0 Å². The highest BCUT2D eigenvalue weighted by molar-refractivity contribution is 9.10. The van der Waals surface area contributed by atoms with Crippen LogP contribution in [-0.4, -0.2) is 12.9 Å². The van der Waals surface area contributed by atoms with Crippen molar-refractivity contribution in [1.82, 2.24) is 0 Å². The number of hydrogen-bond acceptors (Lipinski definition) is 3. The predicted molar refractivity (Wildman–Crippen MR) is 58.3 cm³/mol. The molecule has 0 bridgehead atoms. The van der Waals surface area contributed by atoms with E-state index in [4.69, 9.17) is 4.74 Å². The second-order valence-electron chi connectivity index (χ2n) is 2.43. The second-order valence-corrected chi connectivity index (χ2v) is 4.33. The lowest BCUT2D eigenvalue weighted by Gasteiger charge is -1.91. The van der Waals surface area contributed by atoms with Crippen LogP contribution in [0, 0.1) is 0 Å². The van der Waals surface area contributed by atoms with Crippen LogP contribution in [0.15, 0.2) is 16.6 Å². The van der Waals surface area contributed by atoms with E-state index in [0.29, 0.717) is 0 Å². The maximum Gasteiger partial charge on any atom is 0.188 e. The summed E-state index contributed by atoms with van der Waals surface area (Å²) in [4.78, 5) is 11.7. The minimum absolute atomic E-state index is 0.0449. The Morgan fingerprint density at radius 1 is 1.69 bits per heavy atom. The molecule has 0 saturated heterocycles. The van der Waals surface area contributed by atoms with Gasteiger partial charge in [-0.3, -0.25) is 4.79 Å². The van der Waals surface area contributed by atoms with Crippen LogP contribution in [0.4, 0.5) is 0 Å². The van der Waals surface area contributed by atoms with Gasteiger partial charge >= 0.3 is 0 Å². The molecule has 0 spiro atoms. The zero-order chi connectivity index (χ0) is 9.84. The number of thiophene rings is 1. The van der Waals surface area contributed by atoms with Crippen LogP contribution in [0.2, 0.25) is 0 Å². The van der Waals surface area contributed by atoms with Gasteiger partial charge in [-0.15, -0.1) is 0 Å². The molecule has 0 saturated carbocycles. The zero-order valence-corrected chi connectivity index (χ0v) is 9.74. The van der Waals surface area contributed by atoms with Gasteiger partial charge in [-0.1, -0.05) is 11.3 Å². The normalized spacial score (nSPS) is 10.7. The lowest BCUT2D eigenvalue weighted by molar-refractivity contribution is -0.112. The Labute approximate surface area is 89.3 Å². The molecule has 4 heteroatoms. The van der Waals surface area contributed by atoms with E-state index in [1.54, 1.807) is 13.2 Å². The molecule has 0 aliphatic heterocycles. The summed E-state index contributed by atoms with van der Waals surface area (Å²) in [5.41, 5.74) is 0. The van der Waals surface area contributed by atoms with E-state index in [-0.39, 0.29) is 5.78 Å². The standard InChI is InChI=1S/C9H9BrO2S/c1-6(11)3-4-7-5-8(10)9(12-2)13-7/h3-5H,1-2H3/b4-3+. The number of allylic oxidation sites excluding steroid dienone is 1. The molecule has 1 aromatic heterocycles.